The Labute approximate surface area is 111 Å². The first-order valence-electron chi connectivity index (χ1n) is 6.18. The first kappa shape index (κ1) is 13.1. The highest BCUT2D eigenvalue weighted by Gasteiger charge is 2.13. The minimum absolute atomic E-state index is 0.202. The Morgan fingerprint density at radius 3 is 2.74 bits per heavy atom. The number of carboxylic acids is 1. The van der Waals surface area contributed by atoms with Crippen LogP contribution < -0.4 is 4.74 Å². The minimum atomic E-state index is -0.966. The topological polar surface area (TPSA) is 64.3 Å². The van der Waals surface area contributed by atoms with Crippen LogP contribution >= 0.6 is 0 Å². The summed E-state index contributed by atoms with van der Waals surface area (Å²) < 4.78 is 7.01. The third-order valence-corrected chi connectivity index (χ3v) is 2.73. The SMILES string of the molecule is CCc1cc(C(=O)O)n(CCOc2ccccc2)n1. The number of hydrogen-bond acceptors (Lipinski definition) is 3. The second-order valence-corrected chi connectivity index (χ2v) is 4.06. The van der Waals surface area contributed by atoms with Gasteiger partial charge in [-0.05, 0) is 24.6 Å². The van der Waals surface area contributed by atoms with Crippen molar-refractivity contribution in [3.05, 3.63) is 47.8 Å². The predicted molar refractivity (Wildman–Crippen MR) is 70.5 cm³/mol. The quantitative estimate of drug-likeness (QED) is 0.865. The number of rotatable bonds is 6. The molecule has 0 saturated heterocycles. The summed E-state index contributed by atoms with van der Waals surface area (Å²) in [4.78, 5) is 11.1. The van der Waals surface area contributed by atoms with E-state index in [1.807, 2.05) is 37.3 Å². The molecule has 0 aliphatic heterocycles. The lowest BCUT2D eigenvalue weighted by Crippen LogP contribution is -2.15. The van der Waals surface area contributed by atoms with Crippen LogP contribution in [0.5, 0.6) is 5.75 Å². The fourth-order valence-corrected chi connectivity index (χ4v) is 1.75. The van der Waals surface area contributed by atoms with Crippen molar-refractivity contribution < 1.29 is 14.6 Å². The summed E-state index contributed by atoms with van der Waals surface area (Å²) in [5, 5.41) is 13.3. The molecule has 1 heterocycles. The van der Waals surface area contributed by atoms with Crippen LogP contribution in [0.25, 0.3) is 0 Å². The molecular formula is C14H16N2O3. The molecule has 5 heteroatoms. The predicted octanol–water partition coefficient (Wildman–Crippen LogP) is 2.22. The van der Waals surface area contributed by atoms with Gasteiger partial charge >= 0.3 is 5.97 Å². The molecule has 2 rings (SSSR count). The molecule has 1 N–H and O–H groups in total. The average molecular weight is 260 g/mol. The van der Waals surface area contributed by atoms with E-state index in [4.69, 9.17) is 9.84 Å². The number of aryl methyl sites for hydroxylation is 1. The van der Waals surface area contributed by atoms with Crippen LogP contribution in [0, 0.1) is 0 Å². The highest BCUT2D eigenvalue weighted by atomic mass is 16.5. The molecule has 1 aromatic carbocycles. The van der Waals surface area contributed by atoms with Crippen molar-refractivity contribution in [2.75, 3.05) is 6.61 Å². The van der Waals surface area contributed by atoms with Gasteiger partial charge in [0.2, 0.25) is 0 Å². The zero-order valence-electron chi connectivity index (χ0n) is 10.7. The van der Waals surface area contributed by atoms with Gasteiger partial charge in [-0.3, -0.25) is 4.68 Å². The van der Waals surface area contributed by atoms with Crippen molar-refractivity contribution in [2.45, 2.75) is 19.9 Å². The highest BCUT2D eigenvalue weighted by molar-refractivity contribution is 5.85. The summed E-state index contributed by atoms with van der Waals surface area (Å²) in [6.07, 6.45) is 0.715. The Bertz CT molecular complexity index is 549. The van der Waals surface area contributed by atoms with Gasteiger partial charge in [0.15, 0.2) is 0 Å². The van der Waals surface area contributed by atoms with Crippen LogP contribution in [0.15, 0.2) is 36.4 Å². The fraction of sp³-hybridized carbons (Fsp3) is 0.286. The molecule has 2 aromatic rings. The Kier molecular flexibility index (Phi) is 4.18. The van der Waals surface area contributed by atoms with Crippen molar-refractivity contribution in [1.82, 2.24) is 9.78 Å². The summed E-state index contributed by atoms with van der Waals surface area (Å²) in [7, 11) is 0. The van der Waals surface area contributed by atoms with Gasteiger partial charge in [0.1, 0.15) is 18.1 Å². The smallest absolute Gasteiger partial charge is 0.354 e. The summed E-state index contributed by atoms with van der Waals surface area (Å²) in [5.41, 5.74) is 0.977. The fourth-order valence-electron chi connectivity index (χ4n) is 1.75. The maximum absolute atomic E-state index is 11.1. The van der Waals surface area contributed by atoms with E-state index >= 15 is 0 Å². The minimum Gasteiger partial charge on any atom is -0.492 e. The van der Waals surface area contributed by atoms with Gasteiger partial charge in [-0.1, -0.05) is 25.1 Å². The van der Waals surface area contributed by atoms with Crippen molar-refractivity contribution >= 4 is 5.97 Å². The first-order chi connectivity index (χ1) is 9.20. The van der Waals surface area contributed by atoms with Crippen molar-refractivity contribution in [1.29, 1.82) is 0 Å². The zero-order valence-corrected chi connectivity index (χ0v) is 10.7. The molecule has 0 spiro atoms. The summed E-state index contributed by atoms with van der Waals surface area (Å²) in [6.45, 7) is 2.74. The van der Waals surface area contributed by atoms with Gasteiger partial charge in [-0.25, -0.2) is 4.79 Å². The standard InChI is InChI=1S/C14H16N2O3/c1-2-11-10-13(14(17)18)16(15-11)8-9-19-12-6-4-3-5-7-12/h3-7,10H,2,8-9H2,1H3,(H,17,18). The molecule has 1 aromatic heterocycles. The Morgan fingerprint density at radius 1 is 1.37 bits per heavy atom. The summed E-state index contributed by atoms with van der Waals surface area (Å²) in [6, 6.07) is 11.0. The third-order valence-electron chi connectivity index (χ3n) is 2.73. The Morgan fingerprint density at radius 2 is 2.11 bits per heavy atom. The van der Waals surface area contributed by atoms with Gasteiger partial charge in [-0.2, -0.15) is 5.10 Å². The number of carboxylic acid groups (broad SMARTS) is 1. The van der Waals surface area contributed by atoms with Crippen LogP contribution in [-0.4, -0.2) is 27.5 Å². The van der Waals surface area contributed by atoms with E-state index in [1.165, 1.54) is 4.68 Å². The van der Waals surface area contributed by atoms with Crippen molar-refractivity contribution in [2.24, 2.45) is 0 Å². The molecule has 100 valence electrons. The largest absolute Gasteiger partial charge is 0.492 e. The molecule has 0 unspecified atom stereocenters. The average Bonchev–Trinajstić information content (AvgIpc) is 2.83. The van der Waals surface area contributed by atoms with E-state index in [0.29, 0.717) is 19.6 Å². The molecule has 5 nitrogen and oxygen atoms in total. The van der Waals surface area contributed by atoms with Crippen LogP contribution in [0.1, 0.15) is 23.1 Å². The van der Waals surface area contributed by atoms with E-state index in [2.05, 4.69) is 5.10 Å². The molecular weight excluding hydrogens is 244 g/mol. The maximum atomic E-state index is 11.1. The number of benzene rings is 1. The monoisotopic (exact) mass is 260 g/mol. The third kappa shape index (κ3) is 3.34. The van der Waals surface area contributed by atoms with Gasteiger partial charge in [0.05, 0.1) is 12.2 Å². The normalized spacial score (nSPS) is 10.4. The van der Waals surface area contributed by atoms with E-state index in [0.717, 1.165) is 11.4 Å². The Hall–Kier alpha value is -2.30. The molecule has 0 fully saturated rings. The van der Waals surface area contributed by atoms with Gasteiger partial charge < -0.3 is 9.84 Å². The van der Waals surface area contributed by atoms with Crippen LogP contribution in [0.3, 0.4) is 0 Å². The molecule has 0 bridgehead atoms. The number of nitrogens with zero attached hydrogens (tertiary/aromatic N) is 2. The number of aromatic nitrogens is 2. The van der Waals surface area contributed by atoms with E-state index in [1.54, 1.807) is 6.07 Å². The van der Waals surface area contributed by atoms with E-state index < -0.39 is 5.97 Å². The van der Waals surface area contributed by atoms with E-state index in [-0.39, 0.29) is 5.69 Å². The van der Waals surface area contributed by atoms with Gasteiger partial charge in [0, 0.05) is 0 Å². The first-order valence-corrected chi connectivity index (χ1v) is 6.18. The molecule has 0 aliphatic carbocycles. The molecule has 0 amide bonds. The molecule has 0 radical (unpaired) electrons. The lowest BCUT2D eigenvalue weighted by molar-refractivity contribution is 0.0682. The summed E-state index contributed by atoms with van der Waals surface area (Å²) in [5.74, 6) is -0.200. The van der Waals surface area contributed by atoms with Crippen molar-refractivity contribution in [3.8, 4) is 5.75 Å². The number of carbonyl (C=O) groups is 1. The summed E-state index contributed by atoms with van der Waals surface area (Å²) >= 11 is 0. The zero-order chi connectivity index (χ0) is 13.7. The van der Waals surface area contributed by atoms with Crippen molar-refractivity contribution in [3.63, 3.8) is 0 Å². The number of para-hydroxylation sites is 1. The molecule has 0 aliphatic rings. The number of hydrogen-bond donors (Lipinski definition) is 1. The molecule has 19 heavy (non-hydrogen) atoms. The van der Waals surface area contributed by atoms with Gasteiger partial charge in [-0.15, -0.1) is 0 Å². The maximum Gasteiger partial charge on any atom is 0.354 e. The van der Waals surface area contributed by atoms with E-state index in [9.17, 15) is 4.79 Å². The molecule has 0 atom stereocenters. The number of aromatic carboxylic acids is 1. The number of ether oxygens (including phenoxy) is 1. The van der Waals surface area contributed by atoms with Gasteiger partial charge in [0.25, 0.3) is 0 Å². The molecule has 0 saturated carbocycles. The second-order valence-electron chi connectivity index (χ2n) is 4.06. The highest BCUT2D eigenvalue weighted by Crippen LogP contribution is 2.09. The Balaban J connectivity index is 1.99. The lowest BCUT2D eigenvalue weighted by atomic mass is 10.3. The van der Waals surface area contributed by atoms with Crippen LogP contribution in [0.4, 0.5) is 0 Å². The second kappa shape index (κ2) is 6.04. The van der Waals surface area contributed by atoms with Crippen LogP contribution in [-0.2, 0) is 13.0 Å². The van der Waals surface area contributed by atoms with Crippen LogP contribution in [0.2, 0.25) is 0 Å². The lowest BCUT2D eigenvalue weighted by Gasteiger charge is -2.07.